The van der Waals surface area contributed by atoms with Gasteiger partial charge in [-0.15, -0.1) is 0 Å². The third kappa shape index (κ3) is 4.87. The number of hydrogen-bond acceptors (Lipinski definition) is 4. The van der Waals surface area contributed by atoms with Crippen molar-refractivity contribution >= 4 is 23.4 Å². The molecule has 0 unspecified atom stereocenters. The van der Waals surface area contributed by atoms with Gasteiger partial charge in [0.25, 0.3) is 5.91 Å². The molecule has 132 valence electrons. The quantitative estimate of drug-likeness (QED) is 0.775. The van der Waals surface area contributed by atoms with Crippen LogP contribution >= 0.6 is 11.6 Å². The number of halogens is 1. The Balaban J connectivity index is 1.89. The van der Waals surface area contributed by atoms with E-state index in [4.69, 9.17) is 21.1 Å². The predicted molar refractivity (Wildman–Crippen MR) is 94.9 cm³/mol. The maximum absolute atomic E-state index is 12.0. The van der Waals surface area contributed by atoms with Gasteiger partial charge in [-0.1, -0.05) is 35.9 Å². The minimum atomic E-state index is -0.474. The van der Waals surface area contributed by atoms with Gasteiger partial charge in [0.05, 0.1) is 24.8 Å². The van der Waals surface area contributed by atoms with E-state index in [0.29, 0.717) is 28.5 Å². The second-order valence-corrected chi connectivity index (χ2v) is 5.54. The standard InChI is InChI=1S/C18H19ClN2O4/c1-24-15-9-5-6-12(17(15)25-2)10-11-16(22)20-21-18(23)13-7-3-4-8-14(13)19/h3-9H,10-11H2,1-2H3,(H,20,22)(H,21,23). The highest BCUT2D eigenvalue weighted by molar-refractivity contribution is 6.33. The lowest BCUT2D eigenvalue weighted by atomic mass is 10.1. The summed E-state index contributed by atoms with van der Waals surface area (Å²) in [6.45, 7) is 0. The third-order valence-electron chi connectivity index (χ3n) is 3.54. The molecule has 0 heterocycles. The zero-order valence-corrected chi connectivity index (χ0v) is 14.7. The Morgan fingerprint density at radius 2 is 1.76 bits per heavy atom. The van der Waals surface area contributed by atoms with Crippen molar-refractivity contribution in [2.45, 2.75) is 12.8 Å². The summed E-state index contributed by atoms with van der Waals surface area (Å²) < 4.78 is 10.6. The Labute approximate surface area is 151 Å². The van der Waals surface area contributed by atoms with Crippen LogP contribution in [0.3, 0.4) is 0 Å². The Morgan fingerprint density at radius 1 is 1.00 bits per heavy atom. The van der Waals surface area contributed by atoms with Crippen LogP contribution in [0.15, 0.2) is 42.5 Å². The van der Waals surface area contributed by atoms with Crippen LogP contribution in [0.4, 0.5) is 0 Å². The molecule has 0 aliphatic carbocycles. The fraction of sp³-hybridized carbons (Fsp3) is 0.222. The SMILES string of the molecule is COc1cccc(CCC(=O)NNC(=O)c2ccccc2Cl)c1OC. The van der Waals surface area contributed by atoms with Crippen LogP contribution in [0.2, 0.25) is 5.02 Å². The van der Waals surface area contributed by atoms with Crippen molar-refractivity contribution in [2.24, 2.45) is 0 Å². The van der Waals surface area contributed by atoms with Crippen LogP contribution in [0.25, 0.3) is 0 Å². The zero-order valence-electron chi connectivity index (χ0n) is 14.0. The summed E-state index contributed by atoms with van der Waals surface area (Å²) in [7, 11) is 3.10. The topological polar surface area (TPSA) is 76.7 Å². The van der Waals surface area contributed by atoms with Crippen molar-refractivity contribution in [3.63, 3.8) is 0 Å². The molecular formula is C18H19ClN2O4. The van der Waals surface area contributed by atoms with E-state index in [1.54, 1.807) is 44.6 Å². The molecule has 0 saturated heterocycles. The smallest absolute Gasteiger partial charge is 0.271 e. The lowest BCUT2D eigenvalue weighted by molar-refractivity contribution is -0.121. The van der Waals surface area contributed by atoms with Crippen molar-refractivity contribution in [1.29, 1.82) is 0 Å². The van der Waals surface area contributed by atoms with Crippen LogP contribution in [-0.4, -0.2) is 26.0 Å². The Kier molecular flexibility index (Phi) is 6.65. The Morgan fingerprint density at radius 3 is 2.44 bits per heavy atom. The maximum atomic E-state index is 12.0. The molecule has 0 atom stereocenters. The average Bonchev–Trinajstić information content (AvgIpc) is 2.64. The number of benzene rings is 2. The van der Waals surface area contributed by atoms with Gasteiger partial charge in [0.1, 0.15) is 0 Å². The fourth-order valence-electron chi connectivity index (χ4n) is 2.30. The number of amides is 2. The monoisotopic (exact) mass is 362 g/mol. The summed E-state index contributed by atoms with van der Waals surface area (Å²) in [4.78, 5) is 23.9. The first-order chi connectivity index (χ1) is 12.1. The molecule has 2 rings (SSSR count). The van der Waals surface area contributed by atoms with Gasteiger partial charge in [-0.25, -0.2) is 0 Å². The number of rotatable bonds is 6. The van der Waals surface area contributed by atoms with E-state index < -0.39 is 5.91 Å². The molecule has 2 aromatic carbocycles. The van der Waals surface area contributed by atoms with Gasteiger partial charge in [0, 0.05) is 6.42 Å². The number of nitrogens with one attached hydrogen (secondary N) is 2. The second kappa shape index (κ2) is 8.94. The lowest BCUT2D eigenvalue weighted by Crippen LogP contribution is -2.41. The molecule has 7 heteroatoms. The highest BCUT2D eigenvalue weighted by Gasteiger charge is 2.13. The number of carbonyl (C=O) groups excluding carboxylic acids is 2. The zero-order chi connectivity index (χ0) is 18.2. The highest BCUT2D eigenvalue weighted by atomic mass is 35.5. The van der Waals surface area contributed by atoms with Gasteiger partial charge in [0.15, 0.2) is 11.5 Å². The molecule has 6 nitrogen and oxygen atoms in total. The highest BCUT2D eigenvalue weighted by Crippen LogP contribution is 2.31. The van der Waals surface area contributed by atoms with Crippen molar-refractivity contribution in [2.75, 3.05) is 14.2 Å². The van der Waals surface area contributed by atoms with Crippen LogP contribution < -0.4 is 20.3 Å². The number of methoxy groups -OCH3 is 2. The molecular weight excluding hydrogens is 344 g/mol. The molecule has 0 spiro atoms. The molecule has 0 aliphatic rings. The Bertz CT molecular complexity index is 764. The summed E-state index contributed by atoms with van der Waals surface area (Å²) in [5.41, 5.74) is 5.86. The normalized spacial score (nSPS) is 10.0. The van der Waals surface area contributed by atoms with Crippen molar-refractivity contribution in [3.05, 3.63) is 58.6 Å². The molecule has 2 amide bonds. The van der Waals surface area contributed by atoms with Crippen molar-refractivity contribution in [1.82, 2.24) is 10.9 Å². The van der Waals surface area contributed by atoms with Crippen molar-refractivity contribution in [3.8, 4) is 11.5 Å². The molecule has 2 aromatic rings. The number of hydrogen-bond donors (Lipinski definition) is 2. The van der Waals surface area contributed by atoms with Gasteiger partial charge >= 0.3 is 0 Å². The van der Waals surface area contributed by atoms with E-state index in [0.717, 1.165) is 5.56 Å². The number of para-hydroxylation sites is 1. The first-order valence-corrected chi connectivity index (χ1v) is 7.98. The van der Waals surface area contributed by atoms with Crippen LogP contribution in [0, 0.1) is 0 Å². The molecule has 0 aromatic heterocycles. The second-order valence-electron chi connectivity index (χ2n) is 5.13. The van der Waals surface area contributed by atoms with E-state index in [2.05, 4.69) is 10.9 Å². The van der Waals surface area contributed by atoms with Crippen LogP contribution in [0.5, 0.6) is 11.5 Å². The van der Waals surface area contributed by atoms with Crippen molar-refractivity contribution < 1.29 is 19.1 Å². The molecule has 0 saturated carbocycles. The molecule has 25 heavy (non-hydrogen) atoms. The average molecular weight is 363 g/mol. The largest absolute Gasteiger partial charge is 0.493 e. The minimum absolute atomic E-state index is 0.173. The number of hydrazine groups is 1. The first-order valence-electron chi connectivity index (χ1n) is 7.60. The van der Waals surface area contributed by atoms with Gasteiger partial charge in [0.2, 0.25) is 5.91 Å². The predicted octanol–water partition coefficient (Wildman–Crippen LogP) is 2.75. The van der Waals surface area contributed by atoms with Gasteiger partial charge in [-0.05, 0) is 30.2 Å². The van der Waals surface area contributed by atoms with Crippen LogP contribution in [0.1, 0.15) is 22.3 Å². The fourth-order valence-corrected chi connectivity index (χ4v) is 2.52. The summed E-state index contributed by atoms with van der Waals surface area (Å²) in [5.74, 6) is 0.397. The third-order valence-corrected chi connectivity index (χ3v) is 3.87. The molecule has 2 N–H and O–H groups in total. The van der Waals surface area contributed by atoms with E-state index in [9.17, 15) is 9.59 Å². The summed E-state index contributed by atoms with van der Waals surface area (Å²) in [5, 5.41) is 0.315. The summed E-state index contributed by atoms with van der Waals surface area (Å²) in [6.07, 6.45) is 0.612. The number of carbonyl (C=O) groups is 2. The summed E-state index contributed by atoms with van der Waals surface area (Å²) >= 11 is 5.94. The first kappa shape index (κ1) is 18.6. The van der Waals surface area contributed by atoms with E-state index >= 15 is 0 Å². The van der Waals surface area contributed by atoms with E-state index in [1.807, 2.05) is 12.1 Å². The maximum Gasteiger partial charge on any atom is 0.271 e. The summed E-state index contributed by atoms with van der Waals surface area (Å²) in [6, 6.07) is 12.1. The minimum Gasteiger partial charge on any atom is -0.493 e. The molecule has 0 fully saturated rings. The van der Waals surface area contributed by atoms with Gasteiger partial charge in [-0.2, -0.15) is 0 Å². The molecule has 0 radical (unpaired) electrons. The lowest BCUT2D eigenvalue weighted by Gasteiger charge is -2.12. The van der Waals surface area contributed by atoms with E-state index in [-0.39, 0.29) is 12.3 Å². The number of ether oxygens (including phenoxy) is 2. The molecule has 0 aliphatic heterocycles. The molecule has 0 bridgehead atoms. The van der Waals surface area contributed by atoms with Gasteiger partial charge in [-0.3, -0.25) is 20.4 Å². The van der Waals surface area contributed by atoms with Crippen LogP contribution in [-0.2, 0) is 11.2 Å². The number of aryl methyl sites for hydroxylation is 1. The van der Waals surface area contributed by atoms with Gasteiger partial charge < -0.3 is 9.47 Å². The Hall–Kier alpha value is -2.73. The van der Waals surface area contributed by atoms with E-state index in [1.165, 1.54) is 0 Å².